The molecule has 0 spiro atoms. The summed E-state index contributed by atoms with van der Waals surface area (Å²) < 4.78 is 12.8. The summed E-state index contributed by atoms with van der Waals surface area (Å²) in [5.41, 5.74) is 3.01. The molecule has 1 fully saturated rings. The Morgan fingerprint density at radius 2 is 1.88 bits per heavy atom. The molecule has 124 valence electrons. The first-order valence-electron chi connectivity index (χ1n) is 7.62. The first-order chi connectivity index (χ1) is 11.7. The van der Waals surface area contributed by atoms with Gasteiger partial charge in [-0.3, -0.25) is 0 Å². The van der Waals surface area contributed by atoms with Crippen LogP contribution in [0.4, 0.5) is 5.82 Å². The van der Waals surface area contributed by atoms with Crippen molar-refractivity contribution in [2.45, 2.75) is 18.9 Å². The van der Waals surface area contributed by atoms with E-state index >= 15 is 0 Å². The molecule has 1 N–H and O–H groups in total. The number of nitrogens with one attached hydrogen (secondary N) is 1. The third-order valence-corrected chi connectivity index (χ3v) is 5.79. The van der Waals surface area contributed by atoms with E-state index in [1.54, 1.807) is 31.9 Å². The third kappa shape index (κ3) is 2.71. The Labute approximate surface area is 152 Å². The molecule has 5 nitrogen and oxygen atoms in total. The van der Waals surface area contributed by atoms with Gasteiger partial charge in [0.2, 0.25) is 0 Å². The molecule has 0 bridgehead atoms. The van der Waals surface area contributed by atoms with Crippen molar-refractivity contribution in [3.8, 4) is 22.6 Å². The Hall–Kier alpha value is -1.86. The van der Waals surface area contributed by atoms with Crippen molar-refractivity contribution in [3.63, 3.8) is 0 Å². The fourth-order valence-corrected chi connectivity index (χ4v) is 4.14. The van der Waals surface area contributed by atoms with Crippen molar-refractivity contribution in [1.82, 2.24) is 9.97 Å². The summed E-state index contributed by atoms with van der Waals surface area (Å²) in [6.45, 7) is 0. The number of rotatable bonds is 5. The maximum atomic E-state index is 5.45. The number of ether oxygens (including phenoxy) is 2. The zero-order chi connectivity index (χ0) is 16.7. The average Bonchev–Trinajstić information content (AvgIpc) is 3.31. The lowest BCUT2D eigenvalue weighted by Gasteiger charge is -2.11. The topological polar surface area (TPSA) is 56.3 Å². The molecule has 1 aliphatic carbocycles. The van der Waals surface area contributed by atoms with Crippen LogP contribution in [0.5, 0.6) is 11.5 Å². The molecule has 0 amide bonds. The van der Waals surface area contributed by atoms with Crippen molar-refractivity contribution in [2.75, 3.05) is 19.5 Å². The number of hydrogen-bond acceptors (Lipinski definition) is 6. The van der Waals surface area contributed by atoms with Gasteiger partial charge in [-0.15, -0.1) is 11.3 Å². The lowest BCUT2D eigenvalue weighted by Crippen LogP contribution is -2.03. The Balaban J connectivity index is 1.84. The van der Waals surface area contributed by atoms with Gasteiger partial charge < -0.3 is 14.8 Å². The van der Waals surface area contributed by atoms with E-state index in [2.05, 4.69) is 36.6 Å². The number of nitrogens with zero attached hydrogens (tertiary/aromatic N) is 2. The van der Waals surface area contributed by atoms with Gasteiger partial charge in [0.05, 0.1) is 24.4 Å². The van der Waals surface area contributed by atoms with E-state index in [1.165, 1.54) is 12.8 Å². The Kier molecular flexibility index (Phi) is 4.05. The van der Waals surface area contributed by atoms with E-state index < -0.39 is 0 Å². The summed E-state index contributed by atoms with van der Waals surface area (Å²) in [5, 5.41) is 5.59. The first-order valence-corrected chi connectivity index (χ1v) is 9.29. The van der Waals surface area contributed by atoms with E-state index in [9.17, 15) is 0 Å². The second kappa shape index (κ2) is 6.22. The predicted molar refractivity (Wildman–Crippen MR) is 100 cm³/mol. The van der Waals surface area contributed by atoms with Crippen LogP contribution < -0.4 is 14.8 Å². The molecule has 7 heteroatoms. The minimum atomic E-state index is 0.557. The van der Waals surface area contributed by atoms with Crippen LogP contribution in [-0.2, 0) is 0 Å². The van der Waals surface area contributed by atoms with Crippen molar-refractivity contribution in [1.29, 1.82) is 0 Å². The Bertz CT molecular complexity index is 883. The van der Waals surface area contributed by atoms with Crippen LogP contribution in [0.15, 0.2) is 28.3 Å². The maximum absolute atomic E-state index is 5.45. The van der Waals surface area contributed by atoms with Crippen LogP contribution in [0.25, 0.3) is 21.3 Å². The monoisotopic (exact) mass is 405 g/mol. The zero-order valence-corrected chi connectivity index (χ0v) is 15.7. The van der Waals surface area contributed by atoms with Gasteiger partial charge in [-0.05, 0) is 46.5 Å². The van der Waals surface area contributed by atoms with E-state index in [0.717, 1.165) is 43.1 Å². The summed E-state index contributed by atoms with van der Waals surface area (Å²) in [4.78, 5) is 8.91. The van der Waals surface area contributed by atoms with Crippen molar-refractivity contribution in [2.24, 2.45) is 0 Å². The third-order valence-electron chi connectivity index (χ3n) is 4.03. The molecular formula is C17H16BrN3O2S. The maximum Gasteiger partial charge on any atom is 0.147 e. The highest BCUT2D eigenvalue weighted by Gasteiger charge is 2.23. The largest absolute Gasteiger partial charge is 0.495 e. The van der Waals surface area contributed by atoms with Crippen LogP contribution in [0, 0.1) is 0 Å². The summed E-state index contributed by atoms with van der Waals surface area (Å²) in [5.74, 6) is 2.39. The quantitative estimate of drug-likeness (QED) is 0.665. The molecule has 0 atom stereocenters. The van der Waals surface area contributed by atoms with Crippen LogP contribution in [0.3, 0.4) is 0 Å². The fourth-order valence-electron chi connectivity index (χ4n) is 2.60. The number of halogens is 1. The highest BCUT2D eigenvalue weighted by atomic mass is 79.9. The SMILES string of the molecule is COc1cc(-c2csc3c(NC4CC4)ncnc23)cc(OC)c1Br. The van der Waals surface area contributed by atoms with Crippen LogP contribution in [0.2, 0.25) is 0 Å². The minimum Gasteiger partial charge on any atom is -0.495 e. The zero-order valence-electron chi connectivity index (χ0n) is 13.3. The lowest BCUT2D eigenvalue weighted by atomic mass is 10.1. The van der Waals surface area contributed by atoms with E-state index in [1.807, 2.05) is 12.1 Å². The van der Waals surface area contributed by atoms with Gasteiger partial charge >= 0.3 is 0 Å². The Morgan fingerprint density at radius 1 is 1.17 bits per heavy atom. The molecule has 0 aliphatic heterocycles. The van der Waals surface area contributed by atoms with Crippen molar-refractivity contribution in [3.05, 3.63) is 28.3 Å². The summed E-state index contributed by atoms with van der Waals surface area (Å²) in [6, 6.07) is 4.54. The molecule has 24 heavy (non-hydrogen) atoms. The second-order valence-electron chi connectivity index (χ2n) is 5.66. The fraction of sp³-hybridized carbons (Fsp3) is 0.294. The van der Waals surface area contributed by atoms with E-state index in [4.69, 9.17) is 9.47 Å². The molecule has 4 rings (SSSR count). The van der Waals surface area contributed by atoms with Crippen molar-refractivity contribution >= 4 is 43.3 Å². The van der Waals surface area contributed by atoms with E-state index in [0.29, 0.717) is 6.04 Å². The molecule has 3 aromatic rings. The average molecular weight is 406 g/mol. The number of benzene rings is 1. The van der Waals surface area contributed by atoms with Crippen LogP contribution in [-0.4, -0.2) is 30.2 Å². The summed E-state index contributed by atoms with van der Waals surface area (Å²) >= 11 is 5.17. The number of aromatic nitrogens is 2. The number of fused-ring (bicyclic) bond motifs is 1. The van der Waals surface area contributed by atoms with Gasteiger partial charge in [-0.2, -0.15) is 0 Å². The first kappa shape index (κ1) is 15.7. The van der Waals surface area contributed by atoms with Gasteiger partial charge in [0.1, 0.15) is 28.1 Å². The standard InChI is InChI=1S/C17H16BrN3O2S/c1-22-12-5-9(6-13(23-2)14(12)18)11-7-24-16-15(11)19-8-20-17(16)21-10-3-4-10/h5-8,10H,3-4H2,1-2H3,(H,19,20,21). The lowest BCUT2D eigenvalue weighted by molar-refractivity contribution is 0.390. The molecular weight excluding hydrogens is 390 g/mol. The van der Waals surface area contributed by atoms with Gasteiger partial charge in [0, 0.05) is 17.0 Å². The number of anilines is 1. The second-order valence-corrected chi connectivity index (χ2v) is 7.34. The molecule has 1 saturated carbocycles. The molecule has 0 saturated heterocycles. The van der Waals surface area contributed by atoms with Crippen molar-refractivity contribution < 1.29 is 9.47 Å². The van der Waals surface area contributed by atoms with Crippen LogP contribution >= 0.6 is 27.3 Å². The molecule has 2 aromatic heterocycles. The minimum absolute atomic E-state index is 0.557. The smallest absolute Gasteiger partial charge is 0.147 e. The molecule has 1 aliphatic rings. The Morgan fingerprint density at radius 3 is 2.50 bits per heavy atom. The normalized spacial score (nSPS) is 14.0. The number of hydrogen-bond donors (Lipinski definition) is 1. The van der Waals surface area contributed by atoms with Gasteiger partial charge in [-0.1, -0.05) is 0 Å². The molecule has 0 unspecified atom stereocenters. The van der Waals surface area contributed by atoms with Crippen LogP contribution in [0.1, 0.15) is 12.8 Å². The van der Waals surface area contributed by atoms with Gasteiger partial charge in [-0.25, -0.2) is 9.97 Å². The number of methoxy groups -OCH3 is 2. The highest BCUT2D eigenvalue weighted by Crippen LogP contribution is 2.42. The van der Waals surface area contributed by atoms with Gasteiger partial charge in [0.15, 0.2) is 0 Å². The number of thiophene rings is 1. The summed E-state index contributed by atoms with van der Waals surface area (Å²) in [7, 11) is 3.30. The van der Waals surface area contributed by atoms with E-state index in [-0.39, 0.29) is 0 Å². The predicted octanol–water partition coefficient (Wildman–Crippen LogP) is 4.71. The summed E-state index contributed by atoms with van der Waals surface area (Å²) in [6.07, 6.45) is 4.05. The van der Waals surface area contributed by atoms with Gasteiger partial charge in [0.25, 0.3) is 0 Å². The molecule has 2 heterocycles. The molecule has 1 aromatic carbocycles. The highest BCUT2D eigenvalue weighted by molar-refractivity contribution is 9.10. The molecule has 0 radical (unpaired) electrons.